The van der Waals surface area contributed by atoms with Gasteiger partial charge < -0.3 is 19.9 Å². The van der Waals surface area contributed by atoms with Crippen LogP contribution in [-0.2, 0) is 0 Å². The number of fused-ring (bicyclic) bond motifs is 1. The van der Waals surface area contributed by atoms with Crippen LogP contribution in [0.15, 0.2) is 18.3 Å². The zero-order valence-electron chi connectivity index (χ0n) is 13.6. The van der Waals surface area contributed by atoms with E-state index >= 15 is 0 Å². The number of pyridine rings is 1. The normalized spacial score (nSPS) is 10.8. The number of methoxy groups -OCH3 is 3. The van der Waals surface area contributed by atoms with Crippen molar-refractivity contribution in [3.8, 4) is 28.6 Å². The third-order valence-electron chi connectivity index (χ3n) is 3.58. The van der Waals surface area contributed by atoms with Crippen LogP contribution in [0.25, 0.3) is 22.2 Å². The third-order valence-corrected chi connectivity index (χ3v) is 3.58. The van der Waals surface area contributed by atoms with Crippen molar-refractivity contribution in [2.24, 2.45) is 0 Å². The molecule has 1 aromatic carbocycles. The van der Waals surface area contributed by atoms with Crippen LogP contribution in [0.5, 0.6) is 17.4 Å². The Morgan fingerprint density at radius 3 is 2.12 bits per heavy atom. The summed E-state index contributed by atoms with van der Waals surface area (Å²) in [6, 6.07) is 2.55. The Balaban J connectivity index is 2.35. The van der Waals surface area contributed by atoms with Gasteiger partial charge in [-0.3, -0.25) is 0 Å². The number of ether oxygens (including phenoxy) is 3. The van der Waals surface area contributed by atoms with Crippen molar-refractivity contribution in [1.29, 1.82) is 0 Å². The Morgan fingerprint density at radius 2 is 1.56 bits per heavy atom. The standard InChI is InChI=1S/C16H14F2N4O3/c1-23-9-5-10(24-2)13(18)11(12(9)17)8-4-7-6-20-16(19)22-14(7)15(21-8)25-3/h4-6H,1-3H3,(H2,19,20,22). The number of aromatic nitrogens is 3. The second-order valence-electron chi connectivity index (χ2n) is 4.97. The lowest BCUT2D eigenvalue weighted by Crippen LogP contribution is -2.02. The molecule has 0 aliphatic carbocycles. The molecule has 0 atom stereocenters. The lowest BCUT2D eigenvalue weighted by atomic mass is 10.1. The first kappa shape index (κ1) is 16.6. The van der Waals surface area contributed by atoms with Gasteiger partial charge in [0.1, 0.15) is 5.52 Å². The number of nitrogens with two attached hydrogens (primary N) is 1. The minimum absolute atomic E-state index is 0.0232. The molecular formula is C16H14F2N4O3. The van der Waals surface area contributed by atoms with Crippen LogP contribution in [0, 0.1) is 11.6 Å². The molecule has 0 unspecified atom stereocenters. The van der Waals surface area contributed by atoms with Crippen molar-refractivity contribution in [3.05, 3.63) is 30.0 Å². The molecule has 0 amide bonds. The fourth-order valence-corrected chi connectivity index (χ4v) is 2.40. The van der Waals surface area contributed by atoms with E-state index in [1.807, 2.05) is 0 Å². The molecule has 3 aromatic rings. The van der Waals surface area contributed by atoms with E-state index in [4.69, 9.17) is 19.9 Å². The molecule has 25 heavy (non-hydrogen) atoms. The van der Waals surface area contributed by atoms with Crippen molar-refractivity contribution in [2.45, 2.75) is 0 Å². The van der Waals surface area contributed by atoms with Crippen LogP contribution in [0.3, 0.4) is 0 Å². The van der Waals surface area contributed by atoms with Gasteiger partial charge >= 0.3 is 0 Å². The summed E-state index contributed by atoms with van der Waals surface area (Å²) in [7, 11) is 3.90. The minimum Gasteiger partial charge on any atom is -0.494 e. The smallest absolute Gasteiger partial charge is 0.241 e. The highest BCUT2D eigenvalue weighted by atomic mass is 19.1. The van der Waals surface area contributed by atoms with Crippen molar-refractivity contribution < 1.29 is 23.0 Å². The van der Waals surface area contributed by atoms with E-state index in [0.29, 0.717) is 10.9 Å². The van der Waals surface area contributed by atoms with Crippen LogP contribution in [0.4, 0.5) is 14.7 Å². The maximum absolute atomic E-state index is 14.7. The topological polar surface area (TPSA) is 92.4 Å². The number of hydrogen-bond donors (Lipinski definition) is 1. The Bertz CT molecular complexity index is 938. The molecular weight excluding hydrogens is 334 g/mol. The first-order chi connectivity index (χ1) is 12.0. The minimum atomic E-state index is -0.911. The van der Waals surface area contributed by atoms with Crippen molar-refractivity contribution >= 4 is 16.9 Å². The molecule has 0 spiro atoms. The van der Waals surface area contributed by atoms with Crippen LogP contribution in [0.2, 0.25) is 0 Å². The van der Waals surface area contributed by atoms with Gasteiger partial charge in [0.2, 0.25) is 11.8 Å². The van der Waals surface area contributed by atoms with E-state index in [0.717, 1.165) is 6.07 Å². The SMILES string of the molecule is COc1cc(OC)c(F)c(-c2cc3cnc(N)nc3c(OC)n2)c1F. The first-order valence-electron chi connectivity index (χ1n) is 7.07. The second-order valence-corrected chi connectivity index (χ2v) is 4.97. The highest BCUT2D eigenvalue weighted by Crippen LogP contribution is 2.38. The fourth-order valence-electron chi connectivity index (χ4n) is 2.40. The van der Waals surface area contributed by atoms with E-state index in [1.165, 1.54) is 33.6 Å². The maximum atomic E-state index is 14.7. The Morgan fingerprint density at radius 1 is 0.920 bits per heavy atom. The number of nitrogens with zero attached hydrogens (tertiary/aromatic N) is 3. The van der Waals surface area contributed by atoms with Gasteiger partial charge in [-0.1, -0.05) is 0 Å². The van der Waals surface area contributed by atoms with E-state index in [9.17, 15) is 8.78 Å². The van der Waals surface area contributed by atoms with Crippen molar-refractivity contribution in [2.75, 3.05) is 27.1 Å². The zero-order valence-corrected chi connectivity index (χ0v) is 13.6. The van der Waals surface area contributed by atoms with Gasteiger partial charge in [-0.15, -0.1) is 0 Å². The molecule has 0 aliphatic rings. The third kappa shape index (κ3) is 2.73. The summed E-state index contributed by atoms with van der Waals surface area (Å²) in [6.45, 7) is 0. The Kier molecular flexibility index (Phi) is 4.22. The molecule has 2 N–H and O–H groups in total. The van der Waals surface area contributed by atoms with Gasteiger partial charge in [0.25, 0.3) is 0 Å². The number of anilines is 1. The summed E-state index contributed by atoms with van der Waals surface area (Å²) in [6.07, 6.45) is 1.42. The van der Waals surface area contributed by atoms with Crippen LogP contribution < -0.4 is 19.9 Å². The molecule has 3 rings (SSSR count). The van der Waals surface area contributed by atoms with Crippen molar-refractivity contribution in [3.63, 3.8) is 0 Å². The second kappa shape index (κ2) is 6.34. The molecule has 130 valence electrons. The fraction of sp³-hybridized carbons (Fsp3) is 0.188. The first-order valence-corrected chi connectivity index (χ1v) is 7.07. The summed E-state index contributed by atoms with van der Waals surface area (Å²) in [5.41, 5.74) is 5.46. The summed E-state index contributed by atoms with van der Waals surface area (Å²) >= 11 is 0. The molecule has 2 heterocycles. The highest BCUT2D eigenvalue weighted by Gasteiger charge is 2.24. The monoisotopic (exact) mass is 348 g/mol. The number of halogens is 2. The molecule has 0 saturated carbocycles. The summed E-state index contributed by atoms with van der Waals surface area (Å²) in [5, 5.41) is 0.455. The highest BCUT2D eigenvalue weighted by molar-refractivity contribution is 5.87. The number of hydrogen-bond acceptors (Lipinski definition) is 7. The van der Waals surface area contributed by atoms with E-state index in [-0.39, 0.29) is 29.0 Å². The van der Waals surface area contributed by atoms with Crippen molar-refractivity contribution in [1.82, 2.24) is 15.0 Å². The van der Waals surface area contributed by atoms with Gasteiger partial charge in [0, 0.05) is 17.6 Å². The summed E-state index contributed by atoms with van der Waals surface area (Å²) < 4.78 is 44.4. The molecule has 7 nitrogen and oxygen atoms in total. The predicted octanol–water partition coefficient (Wildman–Crippen LogP) is 2.58. The van der Waals surface area contributed by atoms with E-state index < -0.39 is 17.2 Å². The average Bonchev–Trinajstić information content (AvgIpc) is 2.61. The molecule has 0 aliphatic heterocycles. The quantitative estimate of drug-likeness (QED) is 0.774. The predicted molar refractivity (Wildman–Crippen MR) is 86.8 cm³/mol. The largest absolute Gasteiger partial charge is 0.494 e. The van der Waals surface area contributed by atoms with Gasteiger partial charge in [-0.05, 0) is 6.07 Å². The Labute approximate surface area is 141 Å². The number of benzene rings is 1. The molecule has 0 saturated heterocycles. The number of rotatable bonds is 4. The van der Waals surface area contributed by atoms with Gasteiger partial charge in [0.15, 0.2) is 23.1 Å². The zero-order chi connectivity index (χ0) is 18.1. The average molecular weight is 348 g/mol. The van der Waals surface area contributed by atoms with Crippen LogP contribution >= 0.6 is 0 Å². The molecule has 0 radical (unpaired) electrons. The lowest BCUT2D eigenvalue weighted by molar-refractivity contribution is 0.359. The van der Waals surface area contributed by atoms with Gasteiger partial charge in [-0.25, -0.2) is 23.7 Å². The summed E-state index contributed by atoms with van der Waals surface area (Å²) in [4.78, 5) is 12.1. The van der Waals surface area contributed by atoms with Crippen LogP contribution in [0.1, 0.15) is 0 Å². The van der Waals surface area contributed by atoms with Gasteiger partial charge in [0.05, 0.1) is 32.6 Å². The molecule has 0 bridgehead atoms. The Hall–Kier alpha value is -3.23. The molecule has 2 aromatic heterocycles. The molecule has 9 heteroatoms. The van der Waals surface area contributed by atoms with Gasteiger partial charge in [-0.2, -0.15) is 0 Å². The van der Waals surface area contributed by atoms with E-state index in [2.05, 4.69) is 15.0 Å². The summed E-state index contributed by atoms with van der Waals surface area (Å²) in [5.74, 6) is -2.09. The lowest BCUT2D eigenvalue weighted by Gasteiger charge is -2.13. The number of nitrogen functional groups attached to an aromatic ring is 1. The molecule has 0 fully saturated rings. The van der Waals surface area contributed by atoms with E-state index in [1.54, 1.807) is 0 Å². The maximum Gasteiger partial charge on any atom is 0.241 e. The van der Waals surface area contributed by atoms with Crippen LogP contribution in [-0.4, -0.2) is 36.3 Å².